The van der Waals surface area contributed by atoms with Crippen molar-refractivity contribution in [2.75, 3.05) is 0 Å². The zero-order chi connectivity index (χ0) is 16.0. The van der Waals surface area contributed by atoms with E-state index in [4.69, 9.17) is 0 Å². The summed E-state index contributed by atoms with van der Waals surface area (Å²) in [5, 5.41) is 13.5. The fraction of sp³-hybridized carbons (Fsp3) is 0.850. The summed E-state index contributed by atoms with van der Waals surface area (Å²) in [4.78, 5) is 0. The maximum atomic E-state index is 9.70. The molecule has 22 heavy (non-hydrogen) atoms. The summed E-state index contributed by atoms with van der Waals surface area (Å²) < 4.78 is 0. The van der Waals surface area contributed by atoms with E-state index in [1.807, 2.05) is 0 Å². The Morgan fingerprint density at radius 1 is 0.955 bits per heavy atom. The van der Waals surface area contributed by atoms with Crippen LogP contribution in [-0.2, 0) is 0 Å². The van der Waals surface area contributed by atoms with Crippen LogP contribution in [0.1, 0.15) is 60.8 Å². The second kappa shape index (κ2) is 4.19. The molecule has 0 aromatic heterocycles. The molecular formula is C20H31NO. The van der Waals surface area contributed by atoms with Crippen LogP contribution in [-0.4, -0.2) is 10.9 Å². The van der Waals surface area contributed by atoms with E-state index in [0.717, 1.165) is 23.5 Å². The van der Waals surface area contributed by atoms with Crippen molar-refractivity contribution in [1.82, 2.24) is 0 Å². The molecule has 0 aliphatic heterocycles. The highest BCUT2D eigenvalue weighted by Gasteiger charge is 2.60. The Labute approximate surface area is 135 Å². The molecule has 0 heterocycles. The van der Waals surface area contributed by atoms with Gasteiger partial charge in [-0.2, -0.15) is 0 Å². The molecule has 2 nitrogen and oxygen atoms in total. The highest BCUT2D eigenvalue weighted by atomic mass is 16.4. The first kappa shape index (κ1) is 14.8. The number of fused-ring (bicyclic) bond motifs is 4. The summed E-state index contributed by atoms with van der Waals surface area (Å²) in [6.07, 6.45) is 3.82. The van der Waals surface area contributed by atoms with Crippen molar-refractivity contribution in [3.8, 4) is 0 Å². The van der Waals surface area contributed by atoms with E-state index in [0.29, 0.717) is 28.6 Å². The topological polar surface area (TPSA) is 32.6 Å². The Morgan fingerprint density at radius 2 is 1.59 bits per heavy atom. The van der Waals surface area contributed by atoms with Gasteiger partial charge in [0.25, 0.3) is 0 Å². The van der Waals surface area contributed by atoms with Gasteiger partial charge in [-0.05, 0) is 65.3 Å². The van der Waals surface area contributed by atoms with Crippen molar-refractivity contribution >= 4 is 5.71 Å². The molecule has 4 saturated carbocycles. The van der Waals surface area contributed by atoms with Gasteiger partial charge in [-0.3, -0.25) is 0 Å². The minimum Gasteiger partial charge on any atom is -0.411 e. The lowest BCUT2D eigenvalue weighted by Crippen LogP contribution is -2.37. The lowest BCUT2D eigenvalue weighted by Gasteiger charge is -2.42. The van der Waals surface area contributed by atoms with Gasteiger partial charge in [0.15, 0.2) is 0 Å². The zero-order valence-electron chi connectivity index (χ0n) is 15.0. The first-order valence-corrected chi connectivity index (χ1v) is 9.16. The molecule has 0 aromatic carbocycles. The predicted molar refractivity (Wildman–Crippen MR) is 89.9 cm³/mol. The Kier molecular flexibility index (Phi) is 2.81. The molecule has 6 atom stereocenters. The van der Waals surface area contributed by atoms with Crippen molar-refractivity contribution in [3.05, 3.63) is 11.1 Å². The molecule has 0 amide bonds. The van der Waals surface area contributed by atoms with Gasteiger partial charge in [0, 0.05) is 5.92 Å². The maximum Gasteiger partial charge on any atom is 0.0864 e. The van der Waals surface area contributed by atoms with E-state index >= 15 is 0 Å². The van der Waals surface area contributed by atoms with Gasteiger partial charge in [0.1, 0.15) is 0 Å². The standard InChI is InChI=1S/C20H31NO/c1-10-13-7-12(19(10,3)4)8-15(13)17-16-9-14(18(17)21-22)11(2)20(16,5)6/h10-14,16,22H,7-9H2,1-6H3/t10-,11-,12-,13-,14-,16-/m1/s1. The van der Waals surface area contributed by atoms with Gasteiger partial charge < -0.3 is 5.21 Å². The first-order chi connectivity index (χ1) is 10.2. The molecule has 4 aliphatic rings. The van der Waals surface area contributed by atoms with Gasteiger partial charge in [-0.15, -0.1) is 0 Å². The molecule has 1 N–H and O–H groups in total. The molecule has 2 heteroatoms. The second-order valence-electron chi connectivity index (χ2n) is 9.78. The van der Waals surface area contributed by atoms with Crippen LogP contribution in [0.4, 0.5) is 0 Å². The van der Waals surface area contributed by atoms with E-state index in [2.05, 4.69) is 46.7 Å². The van der Waals surface area contributed by atoms with Gasteiger partial charge in [-0.25, -0.2) is 0 Å². The highest BCUT2D eigenvalue weighted by molar-refractivity contribution is 6.06. The number of rotatable bonds is 0. The third-order valence-corrected chi connectivity index (χ3v) is 8.88. The SMILES string of the molecule is C[C@@H]1[C@H]2C[C@H](CC2=C2C(=NO)[C@@H]3C[C@H]2C(C)(C)[C@@H]3C)C1(C)C. The maximum absolute atomic E-state index is 9.70. The third kappa shape index (κ3) is 1.50. The molecule has 4 bridgehead atoms. The summed E-state index contributed by atoms with van der Waals surface area (Å²) in [5.41, 5.74) is 5.06. The fourth-order valence-corrected chi connectivity index (χ4v) is 6.55. The quantitative estimate of drug-likeness (QED) is 0.488. The molecule has 0 saturated heterocycles. The molecule has 4 aliphatic carbocycles. The minimum absolute atomic E-state index is 0.349. The van der Waals surface area contributed by atoms with Crippen LogP contribution in [0.15, 0.2) is 16.3 Å². The number of allylic oxidation sites excluding steroid dienone is 2. The van der Waals surface area contributed by atoms with Crippen molar-refractivity contribution in [2.24, 2.45) is 51.5 Å². The summed E-state index contributed by atoms with van der Waals surface area (Å²) in [6, 6.07) is 0. The number of nitrogens with zero attached hydrogens (tertiary/aromatic N) is 1. The Bertz CT molecular complexity index is 579. The largest absolute Gasteiger partial charge is 0.411 e. The van der Waals surface area contributed by atoms with Crippen LogP contribution in [0.2, 0.25) is 0 Å². The van der Waals surface area contributed by atoms with Crippen LogP contribution in [0.5, 0.6) is 0 Å². The molecule has 4 fully saturated rings. The Hall–Kier alpha value is -0.790. The highest BCUT2D eigenvalue weighted by Crippen LogP contribution is 2.66. The molecule has 0 unspecified atom stereocenters. The van der Waals surface area contributed by atoms with E-state index < -0.39 is 0 Å². The summed E-state index contributed by atoms with van der Waals surface area (Å²) >= 11 is 0. The number of hydrogen-bond acceptors (Lipinski definition) is 2. The third-order valence-electron chi connectivity index (χ3n) is 8.88. The van der Waals surface area contributed by atoms with E-state index in [-0.39, 0.29) is 0 Å². The van der Waals surface area contributed by atoms with Gasteiger partial charge >= 0.3 is 0 Å². The van der Waals surface area contributed by atoms with Gasteiger partial charge in [-0.1, -0.05) is 52.3 Å². The van der Waals surface area contributed by atoms with Crippen molar-refractivity contribution in [2.45, 2.75) is 60.8 Å². The molecule has 4 rings (SSSR count). The van der Waals surface area contributed by atoms with Crippen molar-refractivity contribution < 1.29 is 5.21 Å². The Morgan fingerprint density at radius 3 is 2.14 bits per heavy atom. The van der Waals surface area contributed by atoms with E-state index in [9.17, 15) is 5.21 Å². The smallest absolute Gasteiger partial charge is 0.0864 e. The average molecular weight is 301 g/mol. The van der Waals surface area contributed by atoms with Gasteiger partial charge in [0.05, 0.1) is 5.71 Å². The average Bonchev–Trinajstić information content (AvgIpc) is 3.14. The van der Waals surface area contributed by atoms with Crippen LogP contribution in [0.3, 0.4) is 0 Å². The van der Waals surface area contributed by atoms with Gasteiger partial charge in [0.2, 0.25) is 0 Å². The van der Waals surface area contributed by atoms with Crippen LogP contribution < -0.4 is 0 Å². The Balaban J connectivity index is 1.81. The van der Waals surface area contributed by atoms with Crippen molar-refractivity contribution in [1.29, 1.82) is 0 Å². The summed E-state index contributed by atoms with van der Waals surface area (Å²) in [6.45, 7) is 14.6. The van der Waals surface area contributed by atoms with E-state index in [1.54, 1.807) is 5.57 Å². The first-order valence-electron chi connectivity index (χ1n) is 9.16. The zero-order valence-corrected chi connectivity index (χ0v) is 15.0. The number of hydrogen-bond donors (Lipinski definition) is 1. The van der Waals surface area contributed by atoms with Crippen LogP contribution in [0, 0.1) is 46.3 Å². The minimum atomic E-state index is 0.349. The second-order valence-corrected chi connectivity index (χ2v) is 9.78. The molecule has 122 valence electrons. The molecule has 0 aromatic rings. The van der Waals surface area contributed by atoms with Crippen LogP contribution >= 0.6 is 0 Å². The van der Waals surface area contributed by atoms with Crippen molar-refractivity contribution in [3.63, 3.8) is 0 Å². The molecular weight excluding hydrogens is 270 g/mol. The monoisotopic (exact) mass is 301 g/mol. The lowest BCUT2D eigenvalue weighted by molar-refractivity contribution is 0.160. The normalized spacial score (nSPS) is 52.9. The summed E-state index contributed by atoms with van der Waals surface area (Å²) in [5.74, 6) is 4.04. The summed E-state index contributed by atoms with van der Waals surface area (Å²) in [7, 11) is 0. The molecule has 0 radical (unpaired) electrons. The lowest BCUT2D eigenvalue weighted by atomic mass is 9.62. The van der Waals surface area contributed by atoms with Crippen LogP contribution in [0.25, 0.3) is 0 Å². The molecule has 0 spiro atoms. The fourth-order valence-electron chi connectivity index (χ4n) is 6.55. The predicted octanol–water partition coefficient (Wildman–Crippen LogP) is 5.13. The van der Waals surface area contributed by atoms with E-state index in [1.165, 1.54) is 24.8 Å². The number of oxime groups is 1.